The largest absolute Gasteiger partial charge is 0.348 e. The smallest absolute Gasteiger partial charge is 0.328 e. The van der Waals surface area contributed by atoms with Gasteiger partial charge in [-0.15, -0.1) is 0 Å². The molecule has 0 fully saturated rings. The second kappa shape index (κ2) is 8.02. The summed E-state index contributed by atoms with van der Waals surface area (Å²) >= 11 is 0. The number of benzene rings is 2. The summed E-state index contributed by atoms with van der Waals surface area (Å²) in [5, 5.41) is 3.01. The first-order chi connectivity index (χ1) is 13.8. The number of aromatic nitrogens is 2. The van der Waals surface area contributed by atoms with Crippen molar-refractivity contribution in [1.29, 1.82) is 0 Å². The monoisotopic (exact) mass is 416 g/mol. The molecule has 29 heavy (non-hydrogen) atoms. The highest BCUT2D eigenvalue weighted by molar-refractivity contribution is 7.89. The number of carbonyl (C=O) groups excluding carboxylic acids is 1. The summed E-state index contributed by atoms with van der Waals surface area (Å²) in [5.41, 5.74) is 0.195. The third kappa shape index (κ3) is 4.13. The Morgan fingerprint density at radius 3 is 2.59 bits per heavy atom. The van der Waals surface area contributed by atoms with Gasteiger partial charge in [0.15, 0.2) is 0 Å². The summed E-state index contributed by atoms with van der Waals surface area (Å²) in [6, 6.07) is 10.6. The van der Waals surface area contributed by atoms with Gasteiger partial charge in [-0.3, -0.25) is 14.2 Å². The van der Waals surface area contributed by atoms with E-state index >= 15 is 0 Å². The zero-order valence-corrected chi connectivity index (χ0v) is 16.7. The zero-order chi connectivity index (χ0) is 21.2. The molecule has 0 bridgehead atoms. The van der Waals surface area contributed by atoms with Crippen LogP contribution in [0.25, 0.3) is 10.9 Å². The molecule has 0 saturated heterocycles. The van der Waals surface area contributed by atoms with E-state index in [0.717, 1.165) is 4.57 Å². The van der Waals surface area contributed by atoms with Crippen molar-refractivity contribution in [3.8, 4) is 0 Å². The third-order valence-corrected chi connectivity index (χ3v) is 5.90. The van der Waals surface area contributed by atoms with Gasteiger partial charge in [-0.25, -0.2) is 17.9 Å². The molecule has 0 spiro atoms. The number of carbonyl (C=O) groups is 1. The van der Waals surface area contributed by atoms with Crippen molar-refractivity contribution >= 4 is 26.8 Å². The molecule has 0 atom stereocenters. The van der Waals surface area contributed by atoms with Gasteiger partial charge in [0.05, 0.1) is 15.8 Å². The first-order valence-corrected chi connectivity index (χ1v) is 10.3. The second-order valence-electron chi connectivity index (χ2n) is 6.28. The van der Waals surface area contributed by atoms with Crippen molar-refractivity contribution in [3.05, 3.63) is 74.4 Å². The zero-order valence-electron chi connectivity index (χ0n) is 15.9. The lowest BCUT2D eigenvalue weighted by Gasteiger charge is -2.09. The summed E-state index contributed by atoms with van der Waals surface area (Å²) in [4.78, 5) is 39.4. The molecule has 0 saturated carbocycles. The number of amides is 1. The SMILES string of the molecule is CCn1c(=O)[nH]c2cc(C(=O)NCc3cccc(S(=O)(=O)NC)c3)ccc2c1=O. The average Bonchev–Trinajstić information content (AvgIpc) is 2.72. The van der Waals surface area contributed by atoms with Crippen LogP contribution in [-0.4, -0.2) is 30.9 Å². The van der Waals surface area contributed by atoms with Crippen LogP contribution in [0.15, 0.2) is 56.9 Å². The van der Waals surface area contributed by atoms with Crippen LogP contribution in [0.3, 0.4) is 0 Å². The molecular formula is C19H20N4O5S. The fraction of sp³-hybridized carbons (Fsp3) is 0.211. The van der Waals surface area contributed by atoms with Gasteiger partial charge in [0.2, 0.25) is 10.0 Å². The van der Waals surface area contributed by atoms with Crippen LogP contribution in [0, 0.1) is 0 Å². The summed E-state index contributed by atoms with van der Waals surface area (Å²) < 4.78 is 27.1. The van der Waals surface area contributed by atoms with Crippen molar-refractivity contribution in [1.82, 2.24) is 19.6 Å². The summed E-state index contributed by atoms with van der Waals surface area (Å²) in [6.07, 6.45) is 0. The van der Waals surface area contributed by atoms with E-state index in [0.29, 0.717) is 10.9 Å². The number of hydrogen-bond acceptors (Lipinski definition) is 5. The third-order valence-electron chi connectivity index (χ3n) is 4.49. The fourth-order valence-electron chi connectivity index (χ4n) is 2.91. The van der Waals surface area contributed by atoms with Crippen molar-refractivity contribution in [2.45, 2.75) is 24.9 Å². The van der Waals surface area contributed by atoms with E-state index in [9.17, 15) is 22.8 Å². The average molecular weight is 416 g/mol. The Hall–Kier alpha value is -3.24. The number of fused-ring (bicyclic) bond motifs is 1. The van der Waals surface area contributed by atoms with Crippen LogP contribution in [-0.2, 0) is 23.1 Å². The molecule has 1 heterocycles. The van der Waals surface area contributed by atoms with E-state index < -0.39 is 27.2 Å². The number of aromatic amines is 1. The number of nitrogens with zero attached hydrogens (tertiary/aromatic N) is 1. The van der Waals surface area contributed by atoms with E-state index in [2.05, 4.69) is 15.0 Å². The molecule has 0 aliphatic heterocycles. The number of H-pyrrole nitrogens is 1. The molecule has 3 aromatic rings. The molecule has 0 aliphatic carbocycles. The Kier molecular flexibility index (Phi) is 5.66. The molecule has 0 aliphatic rings. The normalized spacial score (nSPS) is 11.5. The van der Waals surface area contributed by atoms with Gasteiger partial charge in [0.25, 0.3) is 11.5 Å². The van der Waals surface area contributed by atoms with Crippen LogP contribution in [0.4, 0.5) is 0 Å². The first-order valence-electron chi connectivity index (χ1n) is 8.84. The lowest BCUT2D eigenvalue weighted by molar-refractivity contribution is 0.0951. The predicted molar refractivity (Wildman–Crippen MR) is 108 cm³/mol. The maximum atomic E-state index is 12.5. The minimum absolute atomic E-state index is 0.0993. The quantitative estimate of drug-likeness (QED) is 0.540. The Balaban J connectivity index is 1.83. The topological polar surface area (TPSA) is 130 Å². The number of hydrogen-bond donors (Lipinski definition) is 3. The molecule has 0 radical (unpaired) electrons. The highest BCUT2D eigenvalue weighted by Gasteiger charge is 2.13. The Morgan fingerprint density at radius 1 is 1.14 bits per heavy atom. The van der Waals surface area contributed by atoms with E-state index in [1.165, 1.54) is 37.4 Å². The predicted octanol–water partition coefficient (Wildman–Crippen LogP) is 0.548. The molecule has 10 heteroatoms. The van der Waals surface area contributed by atoms with Crippen LogP contribution in [0.1, 0.15) is 22.8 Å². The lowest BCUT2D eigenvalue weighted by Crippen LogP contribution is -2.34. The molecular weight excluding hydrogens is 396 g/mol. The van der Waals surface area contributed by atoms with E-state index in [4.69, 9.17) is 0 Å². The van der Waals surface area contributed by atoms with Gasteiger partial charge >= 0.3 is 5.69 Å². The van der Waals surface area contributed by atoms with E-state index in [1.54, 1.807) is 19.1 Å². The van der Waals surface area contributed by atoms with Crippen LogP contribution in [0.2, 0.25) is 0 Å². The molecule has 152 valence electrons. The Morgan fingerprint density at radius 2 is 1.90 bits per heavy atom. The highest BCUT2D eigenvalue weighted by Crippen LogP contribution is 2.12. The highest BCUT2D eigenvalue weighted by atomic mass is 32.2. The van der Waals surface area contributed by atoms with Crippen LogP contribution < -0.4 is 21.3 Å². The van der Waals surface area contributed by atoms with Crippen molar-refractivity contribution < 1.29 is 13.2 Å². The van der Waals surface area contributed by atoms with Gasteiger partial charge in [-0.05, 0) is 49.9 Å². The van der Waals surface area contributed by atoms with Crippen LogP contribution >= 0.6 is 0 Å². The fourth-order valence-corrected chi connectivity index (χ4v) is 3.71. The second-order valence-corrected chi connectivity index (χ2v) is 8.16. The van der Waals surface area contributed by atoms with E-state index in [1.807, 2.05) is 0 Å². The molecule has 3 N–H and O–H groups in total. The summed E-state index contributed by atoms with van der Waals surface area (Å²) in [5.74, 6) is -0.422. The number of rotatable bonds is 6. The summed E-state index contributed by atoms with van der Waals surface area (Å²) in [6.45, 7) is 2.05. The maximum absolute atomic E-state index is 12.5. The Bertz CT molecular complexity index is 1310. The number of sulfonamides is 1. The molecule has 2 aromatic carbocycles. The summed E-state index contributed by atoms with van der Waals surface area (Å²) in [7, 11) is -2.26. The maximum Gasteiger partial charge on any atom is 0.328 e. The van der Waals surface area contributed by atoms with Gasteiger partial charge in [-0.1, -0.05) is 12.1 Å². The standard InChI is InChI=1S/C19H20N4O5S/c1-3-23-18(25)15-8-7-13(10-16(15)22-19(23)26)17(24)21-11-12-5-4-6-14(9-12)29(27,28)20-2/h4-10,20H,3,11H2,1-2H3,(H,21,24)(H,22,26). The first kappa shape index (κ1) is 20.5. The van der Waals surface area contributed by atoms with Gasteiger partial charge in [0.1, 0.15) is 0 Å². The minimum Gasteiger partial charge on any atom is -0.348 e. The Labute approximate surface area is 166 Å². The van der Waals surface area contributed by atoms with Crippen molar-refractivity contribution in [3.63, 3.8) is 0 Å². The molecule has 1 amide bonds. The lowest BCUT2D eigenvalue weighted by atomic mass is 10.1. The van der Waals surface area contributed by atoms with Crippen LogP contribution in [0.5, 0.6) is 0 Å². The van der Waals surface area contributed by atoms with Gasteiger partial charge in [0, 0.05) is 18.7 Å². The van der Waals surface area contributed by atoms with Gasteiger partial charge < -0.3 is 10.3 Å². The van der Waals surface area contributed by atoms with Gasteiger partial charge in [-0.2, -0.15) is 0 Å². The number of nitrogens with one attached hydrogen (secondary N) is 3. The van der Waals surface area contributed by atoms with Crippen molar-refractivity contribution in [2.75, 3.05) is 7.05 Å². The molecule has 1 aromatic heterocycles. The van der Waals surface area contributed by atoms with Crippen molar-refractivity contribution in [2.24, 2.45) is 0 Å². The molecule has 0 unspecified atom stereocenters. The minimum atomic E-state index is -3.58. The molecule has 9 nitrogen and oxygen atoms in total. The molecule has 3 rings (SSSR count). The van der Waals surface area contributed by atoms with E-state index in [-0.39, 0.29) is 29.1 Å².